The summed E-state index contributed by atoms with van der Waals surface area (Å²) in [5, 5.41) is 12.1. The lowest BCUT2D eigenvalue weighted by molar-refractivity contribution is -0.0667. The smallest absolute Gasteiger partial charge is 0.133 e. The minimum atomic E-state index is -0.165. The van der Waals surface area contributed by atoms with Gasteiger partial charge < -0.3 is 15.2 Å². The van der Waals surface area contributed by atoms with Gasteiger partial charge in [-0.1, -0.05) is 6.92 Å². The van der Waals surface area contributed by atoms with Crippen molar-refractivity contribution in [3.8, 4) is 0 Å². The monoisotopic (exact) mass is 190 g/mol. The molecule has 0 bridgehead atoms. The van der Waals surface area contributed by atoms with Gasteiger partial charge in [-0.3, -0.25) is 4.90 Å². The molecule has 0 radical (unpaired) electrons. The topological polar surface area (TPSA) is 44.7 Å². The van der Waals surface area contributed by atoms with Gasteiger partial charge in [0.1, 0.15) is 6.23 Å². The van der Waals surface area contributed by atoms with Gasteiger partial charge in [-0.15, -0.1) is 0 Å². The van der Waals surface area contributed by atoms with Gasteiger partial charge in [0.15, 0.2) is 0 Å². The molecule has 0 aliphatic carbocycles. The first-order valence-corrected chi connectivity index (χ1v) is 4.82. The molecule has 0 rings (SSSR count). The van der Waals surface area contributed by atoms with E-state index in [1.807, 2.05) is 19.0 Å². The predicted molar refractivity (Wildman–Crippen MR) is 53.7 cm³/mol. The van der Waals surface area contributed by atoms with Crippen LogP contribution in [0.2, 0.25) is 0 Å². The maximum absolute atomic E-state index is 8.92. The van der Waals surface area contributed by atoms with Crippen LogP contribution in [0.1, 0.15) is 13.3 Å². The third kappa shape index (κ3) is 6.95. The number of hydrogen-bond donors (Lipinski definition) is 2. The summed E-state index contributed by atoms with van der Waals surface area (Å²) in [6.07, 6.45) is 0.819. The van der Waals surface area contributed by atoms with Gasteiger partial charge in [-0.2, -0.15) is 0 Å². The largest absolute Gasteiger partial charge is 0.392 e. The van der Waals surface area contributed by atoms with E-state index in [0.29, 0.717) is 6.61 Å². The molecule has 0 saturated heterocycles. The van der Waals surface area contributed by atoms with E-state index in [0.717, 1.165) is 19.5 Å². The molecule has 80 valence electrons. The maximum atomic E-state index is 8.92. The Kier molecular flexibility index (Phi) is 8.33. The molecular formula is C9H22N2O2. The van der Waals surface area contributed by atoms with E-state index in [1.54, 1.807) is 0 Å². The molecule has 0 spiro atoms. The Hall–Kier alpha value is -0.160. The standard InChI is InChI=1S/C9H22N2O2/c1-4-10-6-5-7-13-9(8-12)11(2)3/h9-10,12H,4-8H2,1-3H3. The molecule has 4 nitrogen and oxygen atoms in total. The number of hydrogen-bond acceptors (Lipinski definition) is 4. The van der Waals surface area contributed by atoms with E-state index in [-0.39, 0.29) is 12.8 Å². The SMILES string of the molecule is CCNCCCOC(CO)N(C)C. The van der Waals surface area contributed by atoms with Gasteiger partial charge in [-0.05, 0) is 33.6 Å². The highest BCUT2D eigenvalue weighted by Gasteiger charge is 2.08. The van der Waals surface area contributed by atoms with Crippen LogP contribution in [-0.4, -0.2) is 56.6 Å². The maximum Gasteiger partial charge on any atom is 0.133 e. The fourth-order valence-corrected chi connectivity index (χ4v) is 0.958. The van der Waals surface area contributed by atoms with Crippen LogP contribution in [0.3, 0.4) is 0 Å². The van der Waals surface area contributed by atoms with Crippen molar-refractivity contribution in [2.75, 3.05) is 40.4 Å². The van der Waals surface area contributed by atoms with Crippen LogP contribution >= 0.6 is 0 Å². The molecule has 0 aromatic heterocycles. The molecule has 0 aromatic rings. The summed E-state index contributed by atoms with van der Waals surface area (Å²) in [6.45, 7) is 4.79. The Morgan fingerprint density at radius 1 is 1.46 bits per heavy atom. The number of aliphatic hydroxyl groups excluding tert-OH is 1. The fraction of sp³-hybridized carbons (Fsp3) is 1.00. The first-order chi connectivity index (χ1) is 6.22. The van der Waals surface area contributed by atoms with E-state index in [1.165, 1.54) is 0 Å². The molecular weight excluding hydrogens is 168 g/mol. The van der Waals surface area contributed by atoms with Crippen LogP contribution in [0.4, 0.5) is 0 Å². The molecule has 2 N–H and O–H groups in total. The van der Waals surface area contributed by atoms with Crippen molar-refractivity contribution in [1.29, 1.82) is 0 Å². The normalized spacial score (nSPS) is 13.6. The quantitative estimate of drug-likeness (QED) is 0.414. The Morgan fingerprint density at radius 3 is 2.62 bits per heavy atom. The highest BCUT2D eigenvalue weighted by Crippen LogP contribution is 1.95. The first-order valence-electron chi connectivity index (χ1n) is 4.82. The zero-order valence-corrected chi connectivity index (χ0v) is 8.92. The van der Waals surface area contributed by atoms with Crippen molar-refractivity contribution >= 4 is 0 Å². The summed E-state index contributed by atoms with van der Waals surface area (Å²) in [5.74, 6) is 0. The van der Waals surface area contributed by atoms with Crippen LogP contribution in [0.15, 0.2) is 0 Å². The third-order valence-corrected chi connectivity index (χ3v) is 1.79. The number of nitrogens with one attached hydrogen (secondary N) is 1. The number of likely N-dealkylation sites (N-methyl/N-ethyl adjacent to an activating group) is 1. The highest BCUT2D eigenvalue weighted by atomic mass is 16.5. The zero-order valence-electron chi connectivity index (χ0n) is 8.92. The lowest BCUT2D eigenvalue weighted by Gasteiger charge is -2.22. The molecule has 0 amide bonds. The molecule has 0 fully saturated rings. The molecule has 4 heteroatoms. The molecule has 1 atom stereocenters. The van der Waals surface area contributed by atoms with Gasteiger partial charge in [0.25, 0.3) is 0 Å². The van der Waals surface area contributed by atoms with Crippen LogP contribution in [-0.2, 0) is 4.74 Å². The third-order valence-electron chi connectivity index (χ3n) is 1.79. The Labute approximate surface area is 80.9 Å². The van der Waals surface area contributed by atoms with Crippen molar-refractivity contribution in [1.82, 2.24) is 10.2 Å². The Balaban J connectivity index is 3.28. The average molecular weight is 190 g/mol. The van der Waals surface area contributed by atoms with E-state index in [2.05, 4.69) is 12.2 Å². The molecule has 0 aliphatic rings. The van der Waals surface area contributed by atoms with Crippen molar-refractivity contribution < 1.29 is 9.84 Å². The summed E-state index contributed by atoms with van der Waals surface area (Å²) < 4.78 is 5.44. The summed E-state index contributed by atoms with van der Waals surface area (Å²) in [6, 6.07) is 0. The molecule has 0 saturated carbocycles. The lowest BCUT2D eigenvalue weighted by atomic mass is 10.4. The van der Waals surface area contributed by atoms with E-state index >= 15 is 0 Å². The molecule has 0 heterocycles. The first kappa shape index (κ1) is 12.8. The highest BCUT2D eigenvalue weighted by molar-refractivity contribution is 4.51. The van der Waals surface area contributed by atoms with Crippen molar-refractivity contribution in [3.63, 3.8) is 0 Å². The fourth-order valence-electron chi connectivity index (χ4n) is 0.958. The van der Waals surface area contributed by atoms with Crippen LogP contribution < -0.4 is 5.32 Å². The van der Waals surface area contributed by atoms with Crippen LogP contribution in [0, 0.1) is 0 Å². The molecule has 13 heavy (non-hydrogen) atoms. The summed E-state index contributed by atoms with van der Waals surface area (Å²) >= 11 is 0. The minimum Gasteiger partial charge on any atom is -0.392 e. The van der Waals surface area contributed by atoms with Gasteiger partial charge in [-0.25, -0.2) is 0 Å². The van der Waals surface area contributed by atoms with Crippen LogP contribution in [0.5, 0.6) is 0 Å². The zero-order chi connectivity index (χ0) is 10.1. The Bertz CT molecular complexity index is 110. The summed E-state index contributed by atoms with van der Waals surface area (Å²) in [7, 11) is 3.79. The van der Waals surface area contributed by atoms with E-state index < -0.39 is 0 Å². The van der Waals surface area contributed by atoms with Gasteiger partial charge in [0, 0.05) is 0 Å². The summed E-state index contributed by atoms with van der Waals surface area (Å²) in [5.41, 5.74) is 0. The lowest BCUT2D eigenvalue weighted by Crippen LogP contribution is -2.34. The van der Waals surface area contributed by atoms with E-state index in [9.17, 15) is 0 Å². The second-order valence-corrected chi connectivity index (χ2v) is 3.18. The predicted octanol–water partition coefficient (Wildman–Crippen LogP) is -0.117. The molecule has 0 aromatic carbocycles. The summed E-state index contributed by atoms with van der Waals surface area (Å²) in [4.78, 5) is 1.87. The van der Waals surface area contributed by atoms with Gasteiger partial charge in [0.2, 0.25) is 0 Å². The second-order valence-electron chi connectivity index (χ2n) is 3.18. The van der Waals surface area contributed by atoms with Crippen molar-refractivity contribution in [3.05, 3.63) is 0 Å². The number of nitrogens with zero attached hydrogens (tertiary/aromatic N) is 1. The van der Waals surface area contributed by atoms with E-state index in [4.69, 9.17) is 9.84 Å². The Morgan fingerprint density at radius 2 is 2.15 bits per heavy atom. The second kappa shape index (κ2) is 8.44. The number of aliphatic hydroxyl groups is 1. The number of ether oxygens (including phenoxy) is 1. The van der Waals surface area contributed by atoms with Gasteiger partial charge in [0.05, 0.1) is 13.2 Å². The molecule has 1 unspecified atom stereocenters. The van der Waals surface area contributed by atoms with Crippen LogP contribution in [0.25, 0.3) is 0 Å². The minimum absolute atomic E-state index is 0.0498. The van der Waals surface area contributed by atoms with Gasteiger partial charge >= 0.3 is 0 Å². The molecule has 0 aliphatic heterocycles. The average Bonchev–Trinajstić information content (AvgIpc) is 2.10. The van der Waals surface area contributed by atoms with Crippen molar-refractivity contribution in [2.45, 2.75) is 19.6 Å². The number of rotatable bonds is 8. The van der Waals surface area contributed by atoms with Crippen molar-refractivity contribution in [2.24, 2.45) is 0 Å².